The fraction of sp³-hybridized carbons (Fsp3) is 0.440. The molecule has 0 aliphatic rings. The Morgan fingerprint density at radius 2 is 1.77 bits per heavy atom. The Morgan fingerprint density at radius 3 is 2.39 bits per heavy atom. The monoisotopic (exact) mass is 504 g/mol. The molecular weight excluding hydrogens is 472 g/mol. The Labute approximate surface area is 199 Å². The number of halogens is 1. The summed E-state index contributed by atoms with van der Waals surface area (Å²) in [6.45, 7) is 9.19. The minimum atomic E-state index is -0.473. The van der Waals surface area contributed by atoms with Crippen molar-refractivity contribution in [2.24, 2.45) is 5.92 Å². The van der Waals surface area contributed by atoms with Crippen LogP contribution in [0.25, 0.3) is 0 Å². The third-order valence-electron chi connectivity index (χ3n) is 5.08. The third-order valence-corrected chi connectivity index (χ3v) is 6.60. The summed E-state index contributed by atoms with van der Waals surface area (Å²) in [4.78, 5) is 27.9. The van der Waals surface area contributed by atoms with Crippen LogP contribution in [0.2, 0.25) is 0 Å². The normalized spacial score (nSPS) is 11.9. The van der Waals surface area contributed by atoms with Gasteiger partial charge in [0.05, 0.1) is 5.75 Å². The van der Waals surface area contributed by atoms with Crippen molar-refractivity contribution < 1.29 is 9.59 Å². The maximum absolute atomic E-state index is 13.3. The van der Waals surface area contributed by atoms with Gasteiger partial charge in [0, 0.05) is 23.3 Å². The van der Waals surface area contributed by atoms with Crippen molar-refractivity contribution in [3.05, 3.63) is 69.7 Å². The molecule has 0 saturated carbocycles. The second kappa shape index (κ2) is 12.9. The van der Waals surface area contributed by atoms with Crippen molar-refractivity contribution in [1.82, 2.24) is 10.2 Å². The number of aryl methyl sites for hydroxylation is 1. The quantitative estimate of drug-likeness (QED) is 0.435. The van der Waals surface area contributed by atoms with Gasteiger partial charge in [-0.25, -0.2) is 0 Å². The Morgan fingerprint density at radius 1 is 1.10 bits per heavy atom. The van der Waals surface area contributed by atoms with E-state index < -0.39 is 6.04 Å². The number of carbonyl (C=O) groups is 2. The first-order valence-corrected chi connectivity index (χ1v) is 12.7. The molecule has 2 amide bonds. The predicted molar refractivity (Wildman–Crippen MR) is 134 cm³/mol. The molecule has 1 atom stereocenters. The Balaban J connectivity index is 2.12. The lowest BCUT2D eigenvalue weighted by atomic mass is 10.1. The van der Waals surface area contributed by atoms with Gasteiger partial charge < -0.3 is 10.2 Å². The molecule has 0 bridgehead atoms. The van der Waals surface area contributed by atoms with Gasteiger partial charge in [-0.15, -0.1) is 11.8 Å². The van der Waals surface area contributed by atoms with Gasteiger partial charge in [0.2, 0.25) is 11.8 Å². The van der Waals surface area contributed by atoms with Crippen LogP contribution in [0.4, 0.5) is 0 Å². The highest BCUT2D eigenvalue weighted by Gasteiger charge is 2.28. The van der Waals surface area contributed by atoms with E-state index in [1.54, 1.807) is 16.7 Å². The van der Waals surface area contributed by atoms with Crippen LogP contribution < -0.4 is 5.32 Å². The maximum atomic E-state index is 13.3. The topological polar surface area (TPSA) is 49.4 Å². The maximum Gasteiger partial charge on any atom is 0.242 e. The van der Waals surface area contributed by atoms with Gasteiger partial charge in [0.1, 0.15) is 6.04 Å². The van der Waals surface area contributed by atoms with Gasteiger partial charge in [0.15, 0.2) is 0 Å². The summed E-state index contributed by atoms with van der Waals surface area (Å²) in [6.07, 6.45) is 0.582. The molecule has 2 aromatic carbocycles. The van der Waals surface area contributed by atoms with Gasteiger partial charge in [-0.05, 0) is 48.1 Å². The van der Waals surface area contributed by atoms with Crippen molar-refractivity contribution in [3.63, 3.8) is 0 Å². The van der Waals surface area contributed by atoms with Gasteiger partial charge in [-0.3, -0.25) is 9.59 Å². The van der Waals surface area contributed by atoms with E-state index in [-0.39, 0.29) is 11.8 Å². The van der Waals surface area contributed by atoms with Crippen molar-refractivity contribution in [1.29, 1.82) is 0 Å². The molecular formula is C25H33BrN2O2S. The zero-order chi connectivity index (χ0) is 22.8. The lowest BCUT2D eigenvalue weighted by molar-refractivity contribution is -0.139. The average Bonchev–Trinajstić information content (AvgIpc) is 2.74. The molecule has 2 aromatic rings. The summed E-state index contributed by atoms with van der Waals surface area (Å²) in [5.74, 6) is 1.39. The van der Waals surface area contributed by atoms with Crippen molar-refractivity contribution >= 4 is 39.5 Å². The van der Waals surface area contributed by atoms with E-state index in [4.69, 9.17) is 0 Å². The van der Waals surface area contributed by atoms with Crippen molar-refractivity contribution in [2.75, 3.05) is 12.3 Å². The molecule has 6 heteroatoms. The van der Waals surface area contributed by atoms with Gasteiger partial charge in [0.25, 0.3) is 0 Å². The predicted octanol–water partition coefficient (Wildman–Crippen LogP) is 5.57. The average molecular weight is 506 g/mol. The summed E-state index contributed by atoms with van der Waals surface area (Å²) in [6, 6.07) is 15.7. The van der Waals surface area contributed by atoms with Crippen LogP contribution in [-0.4, -0.2) is 35.1 Å². The second-order valence-electron chi connectivity index (χ2n) is 8.13. The minimum Gasteiger partial charge on any atom is -0.354 e. The molecule has 0 saturated heterocycles. The highest BCUT2D eigenvalue weighted by atomic mass is 79.9. The summed E-state index contributed by atoms with van der Waals surface area (Å²) in [5, 5.41) is 3.01. The van der Waals surface area contributed by atoms with Gasteiger partial charge in [-0.2, -0.15) is 0 Å². The fourth-order valence-corrected chi connectivity index (χ4v) is 4.37. The highest BCUT2D eigenvalue weighted by Crippen LogP contribution is 2.20. The van der Waals surface area contributed by atoms with E-state index in [2.05, 4.69) is 47.2 Å². The summed E-state index contributed by atoms with van der Waals surface area (Å²) in [7, 11) is 0. The molecule has 0 spiro atoms. The number of nitrogens with zero attached hydrogens (tertiary/aromatic N) is 1. The van der Waals surface area contributed by atoms with Crippen LogP contribution in [0, 0.1) is 12.8 Å². The van der Waals surface area contributed by atoms with Crippen LogP contribution in [0.3, 0.4) is 0 Å². The van der Waals surface area contributed by atoms with Crippen LogP contribution in [0.15, 0.2) is 53.0 Å². The van der Waals surface area contributed by atoms with Crippen molar-refractivity contribution in [2.45, 2.75) is 52.5 Å². The molecule has 0 heterocycles. The number of amides is 2. The molecule has 0 fully saturated rings. The van der Waals surface area contributed by atoms with E-state index in [0.717, 1.165) is 21.4 Å². The molecule has 0 aliphatic carbocycles. The number of hydrogen-bond acceptors (Lipinski definition) is 3. The zero-order valence-corrected chi connectivity index (χ0v) is 21.3. The smallest absolute Gasteiger partial charge is 0.242 e. The lowest BCUT2D eigenvalue weighted by Gasteiger charge is -2.31. The Hall–Kier alpha value is -1.79. The molecule has 0 aliphatic heterocycles. The van der Waals surface area contributed by atoms with E-state index in [9.17, 15) is 9.59 Å². The molecule has 1 N–H and O–H groups in total. The standard InChI is InChI=1S/C25H33BrN2O2S/c1-5-23(25(30)27-14-18(2)3)28(15-21-9-7-6-8-19(21)4)24(29)17-31-16-20-10-12-22(26)13-11-20/h6-13,18,23H,5,14-17H2,1-4H3,(H,27,30). The Bertz CT molecular complexity index is 855. The number of benzene rings is 2. The first-order valence-electron chi connectivity index (χ1n) is 10.8. The van der Waals surface area contributed by atoms with Crippen LogP contribution in [0.5, 0.6) is 0 Å². The van der Waals surface area contributed by atoms with Crippen molar-refractivity contribution in [3.8, 4) is 0 Å². The molecule has 4 nitrogen and oxygen atoms in total. The minimum absolute atomic E-state index is 0.00286. The van der Waals surface area contributed by atoms with E-state index >= 15 is 0 Å². The first-order chi connectivity index (χ1) is 14.8. The van der Waals surface area contributed by atoms with Gasteiger partial charge >= 0.3 is 0 Å². The third kappa shape index (κ3) is 8.34. The summed E-state index contributed by atoms with van der Waals surface area (Å²) >= 11 is 5.03. The molecule has 31 heavy (non-hydrogen) atoms. The fourth-order valence-electron chi connectivity index (χ4n) is 3.23. The summed E-state index contributed by atoms with van der Waals surface area (Å²) < 4.78 is 1.04. The van der Waals surface area contributed by atoms with E-state index in [0.29, 0.717) is 31.2 Å². The molecule has 0 radical (unpaired) electrons. The number of nitrogens with one attached hydrogen (secondary N) is 1. The second-order valence-corrected chi connectivity index (χ2v) is 10.0. The molecule has 2 rings (SSSR count). The van der Waals surface area contributed by atoms with Crippen LogP contribution in [-0.2, 0) is 21.9 Å². The lowest BCUT2D eigenvalue weighted by Crippen LogP contribution is -2.50. The number of rotatable bonds is 11. The number of carbonyl (C=O) groups excluding carboxylic acids is 2. The van der Waals surface area contributed by atoms with Gasteiger partial charge in [-0.1, -0.05) is 73.1 Å². The van der Waals surface area contributed by atoms with E-state index in [1.165, 1.54) is 5.56 Å². The molecule has 0 aromatic heterocycles. The zero-order valence-electron chi connectivity index (χ0n) is 18.9. The molecule has 168 valence electrons. The van der Waals surface area contributed by atoms with Crippen LogP contribution >= 0.6 is 27.7 Å². The first kappa shape index (κ1) is 25.5. The number of hydrogen-bond donors (Lipinski definition) is 1. The Kier molecular flexibility index (Phi) is 10.6. The van der Waals surface area contributed by atoms with Crippen LogP contribution in [0.1, 0.15) is 43.9 Å². The number of thioether (sulfide) groups is 1. The SMILES string of the molecule is CCC(C(=O)NCC(C)C)N(Cc1ccccc1C)C(=O)CSCc1ccc(Br)cc1. The molecule has 1 unspecified atom stereocenters. The van der Waals surface area contributed by atoms with E-state index in [1.807, 2.05) is 50.2 Å². The largest absolute Gasteiger partial charge is 0.354 e. The summed E-state index contributed by atoms with van der Waals surface area (Å²) in [5.41, 5.74) is 3.37. The highest BCUT2D eigenvalue weighted by molar-refractivity contribution is 9.10.